The fraction of sp³-hybridized carbons (Fsp3) is 0.429. The van der Waals surface area contributed by atoms with Gasteiger partial charge < -0.3 is 10.6 Å². The van der Waals surface area contributed by atoms with Crippen molar-refractivity contribution in [2.45, 2.75) is 32.7 Å². The predicted octanol–water partition coefficient (Wildman–Crippen LogP) is 2.33. The second-order valence-electron chi connectivity index (χ2n) is 8.45. The van der Waals surface area contributed by atoms with Gasteiger partial charge in [-0.25, -0.2) is 15.0 Å². The van der Waals surface area contributed by atoms with Crippen LogP contribution >= 0.6 is 0 Å². The summed E-state index contributed by atoms with van der Waals surface area (Å²) in [7, 11) is 0. The Balaban J connectivity index is 1.49. The lowest BCUT2D eigenvalue weighted by molar-refractivity contribution is -0.124. The minimum absolute atomic E-state index is 0.112. The highest BCUT2D eigenvalue weighted by atomic mass is 16.2. The number of hydrogen-bond donors (Lipinski definition) is 2. The quantitative estimate of drug-likeness (QED) is 0.710. The maximum atomic E-state index is 12.7. The summed E-state index contributed by atoms with van der Waals surface area (Å²) < 4.78 is 1.96. The Labute approximate surface area is 169 Å². The lowest BCUT2D eigenvalue weighted by Crippen LogP contribution is -2.31. The Kier molecular flexibility index (Phi) is 4.24. The molecule has 2 aliphatic heterocycles. The Morgan fingerprint density at radius 3 is 2.90 bits per heavy atom. The molecule has 5 heterocycles. The molecular weight excluding hydrogens is 366 g/mol. The Morgan fingerprint density at radius 2 is 2.14 bits per heavy atom. The van der Waals surface area contributed by atoms with Gasteiger partial charge in [0.05, 0.1) is 30.0 Å². The van der Waals surface area contributed by atoms with Gasteiger partial charge in [-0.3, -0.25) is 14.1 Å². The molecule has 2 fully saturated rings. The third kappa shape index (κ3) is 3.23. The molecule has 5 rings (SSSR count). The molecule has 0 saturated carbocycles. The zero-order valence-electron chi connectivity index (χ0n) is 16.7. The number of imidazole rings is 1. The lowest BCUT2D eigenvalue weighted by Gasteiger charge is -2.19. The molecule has 8 heteroatoms. The van der Waals surface area contributed by atoms with Gasteiger partial charge in [0.15, 0.2) is 11.5 Å². The number of fused-ring (bicyclic) bond motifs is 1. The summed E-state index contributed by atoms with van der Waals surface area (Å²) in [5, 5.41) is 6.85. The Hall–Kier alpha value is -3.00. The molecule has 3 aromatic rings. The minimum atomic E-state index is -0.342. The molecule has 1 atom stereocenters. The van der Waals surface area contributed by atoms with Crippen molar-refractivity contribution in [2.24, 2.45) is 5.41 Å². The van der Waals surface area contributed by atoms with Crippen LogP contribution in [0.5, 0.6) is 0 Å². The number of carbonyl (C=O) groups excluding carboxylic acids is 1. The monoisotopic (exact) mass is 391 g/mol. The van der Waals surface area contributed by atoms with Crippen LogP contribution < -0.4 is 15.5 Å². The van der Waals surface area contributed by atoms with E-state index in [-0.39, 0.29) is 11.3 Å². The Bertz CT molecular complexity index is 1070. The van der Waals surface area contributed by atoms with Crippen molar-refractivity contribution in [2.75, 3.05) is 29.9 Å². The summed E-state index contributed by atoms with van der Waals surface area (Å²) in [6.07, 6.45) is 7.33. The molecule has 2 saturated heterocycles. The molecule has 0 aromatic carbocycles. The number of anilines is 2. The predicted molar refractivity (Wildman–Crippen MR) is 112 cm³/mol. The number of pyridine rings is 1. The van der Waals surface area contributed by atoms with Crippen molar-refractivity contribution in [3.05, 3.63) is 36.8 Å². The summed E-state index contributed by atoms with van der Waals surface area (Å²) in [5.41, 5.74) is 2.10. The highest BCUT2D eigenvalue weighted by Gasteiger charge is 2.40. The van der Waals surface area contributed by atoms with Crippen molar-refractivity contribution in [1.82, 2.24) is 24.7 Å². The number of nitrogens with zero attached hydrogens (tertiary/aromatic N) is 5. The molecule has 0 aliphatic carbocycles. The summed E-state index contributed by atoms with van der Waals surface area (Å²) >= 11 is 0. The average Bonchev–Trinajstić information content (AvgIpc) is 3.42. The van der Waals surface area contributed by atoms with Crippen LogP contribution in [-0.4, -0.2) is 50.9 Å². The van der Waals surface area contributed by atoms with Crippen LogP contribution in [0.2, 0.25) is 0 Å². The number of hydrogen-bond acceptors (Lipinski definition) is 6. The molecule has 150 valence electrons. The molecule has 29 heavy (non-hydrogen) atoms. The van der Waals surface area contributed by atoms with Gasteiger partial charge >= 0.3 is 0 Å². The van der Waals surface area contributed by atoms with Crippen LogP contribution in [-0.2, 0) is 4.79 Å². The summed E-state index contributed by atoms with van der Waals surface area (Å²) in [5.74, 6) is 1.62. The van der Waals surface area contributed by atoms with Gasteiger partial charge in [-0.15, -0.1) is 0 Å². The van der Waals surface area contributed by atoms with E-state index in [1.54, 1.807) is 17.3 Å². The van der Waals surface area contributed by atoms with E-state index < -0.39 is 0 Å². The summed E-state index contributed by atoms with van der Waals surface area (Å²) in [4.78, 5) is 28.2. The summed E-state index contributed by atoms with van der Waals surface area (Å²) in [6, 6.07) is 6.37. The van der Waals surface area contributed by atoms with Crippen LogP contribution in [0.4, 0.5) is 11.6 Å². The van der Waals surface area contributed by atoms with Crippen LogP contribution in [0.15, 0.2) is 36.8 Å². The topological polar surface area (TPSA) is 87.4 Å². The number of aromatic nitrogens is 4. The number of amides is 1. The van der Waals surface area contributed by atoms with E-state index in [2.05, 4.69) is 20.6 Å². The highest BCUT2D eigenvalue weighted by molar-refractivity contribution is 5.98. The number of rotatable bonds is 4. The second kappa shape index (κ2) is 6.81. The maximum Gasteiger partial charge on any atom is 0.233 e. The van der Waals surface area contributed by atoms with Crippen LogP contribution in [0.3, 0.4) is 0 Å². The van der Waals surface area contributed by atoms with Crippen molar-refractivity contribution in [3.8, 4) is 11.4 Å². The molecule has 3 aromatic heterocycles. The van der Waals surface area contributed by atoms with E-state index in [0.29, 0.717) is 18.4 Å². The van der Waals surface area contributed by atoms with Crippen molar-refractivity contribution >= 4 is 23.2 Å². The third-order valence-electron chi connectivity index (χ3n) is 5.87. The lowest BCUT2D eigenvalue weighted by atomic mass is 9.92. The molecule has 0 radical (unpaired) electrons. The Morgan fingerprint density at radius 1 is 1.24 bits per heavy atom. The number of nitrogens with one attached hydrogen (secondary N) is 2. The van der Waals surface area contributed by atoms with Gasteiger partial charge in [-0.1, -0.05) is 19.9 Å². The van der Waals surface area contributed by atoms with Crippen LogP contribution in [0.1, 0.15) is 26.7 Å². The molecule has 2 aliphatic rings. The van der Waals surface area contributed by atoms with E-state index in [4.69, 9.17) is 4.98 Å². The molecule has 1 unspecified atom stereocenters. The standard InChI is InChI=1S/C21H25N7O/c1-21(2)7-9-27(20(21)29)19-13-28-16(11-23-18(28)12-24-19)15-4-3-5-17(26-15)25-14-6-8-22-10-14/h3-5,11-14,22H,6-10H2,1-2H3,(H,25,26). The highest BCUT2D eigenvalue weighted by Crippen LogP contribution is 2.33. The van der Waals surface area contributed by atoms with E-state index in [1.807, 2.05) is 42.6 Å². The summed E-state index contributed by atoms with van der Waals surface area (Å²) in [6.45, 7) is 6.64. The van der Waals surface area contributed by atoms with Gasteiger partial charge in [-0.05, 0) is 31.5 Å². The molecule has 0 bridgehead atoms. The van der Waals surface area contributed by atoms with E-state index in [0.717, 1.165) is 48.8 Å². The first kappa shape index (κ1) is 18.1. The molecule has 1 amide bonds. The maximum absolute atomic E-state index is 12.7. The molecular formula is C21H25N7O. The van der Waals surface area contributed by atoms with Crippen molar-refractivity contribution in [1.29, 1.82) is 0 Å². The molecule has 2 N–H and O–H groups in total. The van der Waals surface area contributed by atoms with Crippen LogP contribution in [0.25, 0.3) is 17.0 Å². The number of carbonyl (C=O) groups is 1. The zero-order valence-corrected chi connectivity index (χ0v) is 16.7. The fourth-order valence-electron chi connectivity index (χ4n) is 4.04. The van der Waals surface area contributed by atoms with Gasteiger partial charge in [0, 0.05) is 24.5 Å². The van der Waals surface area contributed by atoms with Gasteiger partial charge in [0.25, 0.3) is 0 Å². The SMILES string of the molecule is CC1(C)CCN(c2cn3c(-c4cccc(NC5CCNC5)n4)cnc3cn2)C1=O. The largest absolute Gasteiger partial charge is 0.366 e. The molecule has 0 spiro atoms. The average molecular weight is 391 g/mol. The van der Waals surface area contributed by atoms with E-state index in [9.17, 15) is 4.79 Å². The van der Waals surface area contributed by atoms with E-state index in [1.165, 1.54) is 0 Å². The fourth-order valence-corrected chi connectivity index (χ4v) is 4.04. The minimum Gasteiger partial charge on any atom is -0.366 e. The third-order valence-corrected chi connectivity index (χ3v) is 5.87. The van der Waals surface area contributed by atoms with Gasteiger partial charge in [0.1, 0.15) is 5.82 Å². The van der Waals surface area contributed by atoms with Crippen LogP contribution in [0, 0.1) is 5.41 Å². The first-order valence-electron chi connectivity index (χ1n) is 10.1. The zero-order chi connectivity index (χ0) is 20.0. The smallest absolute Gasteiger partial charge is 0.233 e. The first-order chi connectivity index (χ1) is 14.0. The van der Waals surface area contributed by atoms with Crippen molar-refractivity contribution in [3.63, 3.8) is 0 Å². The van der Waals surface area contributed by atoms with Crippen molar-refractivity contribution < 1.29 is 4.79 Å². The normalized spacial score (nSPS) is 21.2. The molecule has 8 nitrogen and oxygen atoms in total. The second-order valence-corrected chi connectivity index (χ2v) is 8.45. The van der Waals surface area contributed by atoms with Gasteiger partial charge in [0.2, 0.25) is 5.91 Å². The van der Waals surface area contributed by atoms with E-state index >= 15 is 0 Å². The first-order valence-corrected chi connectivity index (χ1v) is 10.1. The van der Waals surface area contributed by atoms with Gasteiger partial charge in [-0.2, -0.15) is 0 Å².